The third-order valence-corrected chi connectivity index (χ3v) is 6.41. The number of fused-ring (bicyclic) bond motifs is 1. The second kappa shape index (κ2) is 7.50. The van der Waals surface area contributed by atoms with Crippen LogP contribution in [0.2, 0.25) is 5.02 Å². The first-order chi connectivity index (χ1) is 13.8. The third kappa shape index (κ3) is 3.26. The summed E-state index contributed by atoms with van der Waals surface area (Å²) < 4.78 is 3.19. The first kappa shape index (κ1) is 17.6. The number of hydrogen-bond acceptors (Lipinski definition) is 6. The summed E-state index contributed by atoms with van der Waals surface area (Å²) in [6, 6.07) is 8.09. The van der Waals surface area contributed by atoms with E-state index in [4.69, 9.17) is 11.6 Å². The molecule has 4 heterocycles. The van der Waals surface area contributed by atoms with Gasteiger partial charge in [-0.15, -0.1) is 11.3 Å². The second-order valence-corrected chi connectivity index (χ2v) is 8.13. The quantitative estimate of drug-likeness (QED) is 0.511. The molecule has 0 amide bonds. The molecule has 6 nitrogen and oxygen atoms in total. The number of anilines is 1. The van der Waals surface area contributed by atoms with Gasteiger partial charge < -0.3 is 9.47 Å². The fraction of sp³-hybridized carbons (Fsp3) is 0.250. The van der Waals surface area contributed by atoms with E-state index in [2.05, 4.69) is 42.3 Å². The Hall–Kier alpha value is -2.48. The van der Waals surface area contributed by atoms with Crippen molar-refractivity contribution in [3.63, 3.8) is 0 Å². The highest BCUT2D eigenvalue weighted by molar-refractivity contribution is 7.17. The van der Waals surface area contributed by atoms with Crippen molar-refractivity contribution < 1.29 is 0 Å². The smallest absolute Gasteiger partial charge is 0.150 e. The molecule has 142 valence electrons. The molecule has 0 atom stereocenters. The van der Waals surface area contributed by atoms with Gasteiger partial charge in [0.05, 0.1) is 22.2 Å². The first-order valence-corrected chi connectivity index (χ1v) is 10.5. The predicted octanol–water partition coefficient (Wildman–Crippen LogP) is 3.85. The van der Waals surface area contributed by atoms with Crippen molar-refractivity contribution in [3.8, 4) is 5.69 Å². The van der Waals surface area contributed by atoms with Gasteiger partial charge in [-0.05, 0) is 23.6 Å². The molecule has 28 heavy (non-hydrogen) atoms. The Bertz CT molecular complexity index is 1090. The molecule has 0 spiro atoms. The number of nitrogens with zero attached hydrogens (tertiary/aromatic N) is 6. The molecular weight excluding hydrogens is 392 g/mol. The number of thiophene rings is 1. The number of halogens is 1. The van der Waals surface area contributed by atoms with Crippen molar-refractivity contribution in [2.75, 3.05) is 31.1 Å². The van der Waals surface area contributed by atoms with Crippen molar-refractivity contribution in [1.29, 1.82) is 0 Å². The molecule has 1 saturated heterocycles. The Balaban J connectivity index is 1.33. The van der Waals surface area contributed by atoms with Crippen molar-refractivity contribution in [3.05, 3.63) is 65.3 Å². The van der Waals surface area contributed by atoms with Crippen LogP contribution in [0.4, 0.5) is 5.82 Å². The Morgan fingerprint density at radius 3 is 2.79 bits per heavy atom. The summed E-state index contributed by atoms with van der Waals surface area (Å²) in [4.78, 5) is 17.9. The summed E-state index contributed by atoms with van der Waals surface area (Å²) in [5, 5.41) is 2.87. The van der Waals surface area contributed by atoms with Crippen LogP contribution in [0, 0.1) is 0 Å². The second-order valence-electron chi connectivity index (χ2n) is 6.80. The molecule has 1 aliphatic heterocycles. The lowest BCUT2D eigenvalue weighted by atomic mass is 10.1. The van der Waals surface area contributed by atoms with E-state index in [0.717, 1.165) is 60.3 Å². The molecule has 1 fully saturated rings. The zero-order valence-electron chi connectivity index (χ0n) is 15.2. The number of hydrogen-bond donors (Lipinski definition) is 0. The van der Waals surface area contributed by atoms with Gasteiger partial charge in [0.25, 0.3) is 0 Å². The van der Waals surface area contributed by atoms with E-state index < -0.39 is 0 Å². The minimum Gasteiger partial charge on any atom is -0.353 e. The SMILES string of the molecule is Clc1cccc(-n2ccnc2)c1CN1CCN(c2ncnc3ccsc23)CC1. The lowest BCUT2D eigenvalue weighted by Crippen LogP contribution is -2.46. The minimum absolute atomic E-state index is 0.796. The van der Waals surface area contributed by atoms with Gasteiger partial charge >= 0.3 is 0 Å². The van der Waals surface area contributed by atoms with Crippen LogP contribution in [-0.2, 0) is 6.54 Å². The Morgan fingerprint density at radius 1 is 1.07 bits per heavy atom. The first-order valence-electron chi connectivity index (χ1n) is 9.21. The summed E-state index contributed by atoms with van der Waals surface area (Å²) in [6.07, 6.45) is 7.22. The predicted molar refractivity (Wildman–Crippen MR) is 113 cm³/mol. The average molecular weight is 411 g/mol. The largest absolute Gasteiger partial charge is 0.353 e. The number of piperazine rings is 1. The number of aromatic nitrogens is 4. The lowest BCUT2D eigenvalue weighted by molar-refractivity contribution is 0.249. The Labute approximate surface area is 172 Å². The van der Waals surface area contributed by atoms with Crippen LogP contribution in [0.25, 0.3) is 15.9 Å². The van der Waals surface area contributed by atoms with Crippen LogP contribution < -0.4 is 4.90 Å². The fourth-order valence-electron chi connectivity index (χ4n) is 3.69. The lowest BCUT2D eigenvalue weighted by Gasteiger charge is -2.36. The van der Waals surface area contributed by atoms with Gasteiger partial charge in [0, 0.05) is 55.7 Å². The normalized spacial score (nSPS) is 15.4. The molecule has 0 radical (unpaired) electrons. The summed E-state index contributed by atoms with van der Waals surface area (Å²) in [5.41, 5.74) is 3.25. The highest BCUT2D eigenvalue weighted by Gasteiger charge is 2.22. The molecule has 1 aliphatic rings. The van der Waals surface area contributed by atoms with Crippen LogP contribution in [0.5, 0.6) is 0 Å². The third-order valence-electron chi connectivity index (χ3n) is 5.15. The van der Waals surface area contributed by atoms with Gasteiger partial charge in [0.1, 0.15) is 12.1 Å². The molecular formula is C20H19ClN6S. The summed E-state index contributed by atoms with van der Waals surface area (Å²) in [7, 11) is 0. The van der Waals surface area contributed by atoms with Gasteiger partial charge in [-0.2, -0.15) is 0 Å². The Kier molecular flexibility index (Phi) is 4.72. The molecule has 0 unspecified atom stereocenters. The highest BCUT2D eigenvalue weighted by atomic mass is 35.5. The van der Waals surface area contributed by atoms with E-state index in [-0.39, 0.29) is 0 Å². The number of rotatable bonds is 4. The molecule has 0 aliphatic carbocycles. The van der Waals surface area contributed by atoms with Gasteiger partial charge in [-0.3, -0.25) is 4.90 Å². The zero-order chi connectivity index (χ0) is 18.9. The van der Waals surface area contributed by atoms with Crippen LogP contribution in [0.3, 0.4) is 0 Å². The van der Waals surface area contributed by atoms with E-state index in [0.29, 0.717) is 0 Å². The van der Waals surface area contributed by atoms with Gasteiger partial charge in [0.15, 0.2) is 0 Å². The van der Waals surface area contributed by atoms with Crippen molar-refractivity contribution >= 4 is 39.0 Å². The standard InChI is InChI=1S/C20H19ClN6S/c21-16-2-1-3-18(27-6-5-22-14-27)15(16)12-25-7-9-26(10-8-25)20-19-17(4-11-28-19)23-13-24-20/h1-6,11,13-14H,7-10,12H2. The van der Waals surface area contributed by atoms with E-state index >= 15 is 0 Å². The topological polar surface area (TPSA) is 50.1 Å². The van der Waals surface area contributed by atoms with Crippen molar-refractivity contribution in [1.82, 2.24) is 24.4 Å². The van der Waals surface area contributed by atoms with Crippen LogP contribution in [0.1, 0.15) is 5.56 Å². The summed E-state index contributed by atoms with van der Waals surface area (Å²) >= 11 is 8.26. The molecule has 1 aromatic carbocycles. The van der Waals surface area contributed by atoms with Crippen molar-refractivity contribution in [2.45, 2.75) is 6.54 Å². The van der Waals surface area contributed by atoms with E-state index in [1.807, 2.05) is 29.2 Å². The van der Waals surface area contributed by atoms with E-state index in [1.54, 1.807) is 23.9 Å². The van der Waals surface area contributed by atoms with Crippen LogP contribution in [-0.4, -0.2) is 50.6 Å². The monoisotopic (exact) mass is 410 g/mol. The maximum atomic E-state index is 6.56. The number of imidazole rings is 1. The molecule has 0 bridgehead atoms. The molecule has 5 rings (SSSR count). The van der Waals surface area contributed by atoms with Gasteiger partial charge in [-0.1, -0.05) is 17.7 Å². The van der Waals surface area contributed by atoms with Crippen LogP contribution >= 0.6 is 22.9 Å². The average Bonchev–Trinajstić information content (AvgIpc) is 3.42. The van der Waals surface area contributed by atoms with Gasteiger partial charge in [0.2, 0.25) is 0 Å². The molecule has 0 saturated carbocycles. The van der Waals surface area contributed by atoms with Crippen molar-refractivity contribution in [2.24, 2.45) is 0 Å². The highest BCUT2D eigenvalue weighted by Crippen LogP contribution is 2.29. The molecule has 0 N–H and O–H groups in total. The van der Waals surface area contributed by atoms with E-state index in [9.17, 15) is 0 Å². The fourth-order valence-corrected chi connectivity index (χ4v) is 4.78. The summed E-state index contributed by atoms with van der Waals surface area (Å²) in [5.74, 6) is 1.05. The number of benzene rings is 1. The maximum Gasteiger partial charge on any atom is 0.150 e. The Morgan fingerprint density at radius 2 is 1.96 bits per heavy atom. The van der Waals surface area contributed by atoms with Crippen LogP contribution in [0.15, 0.2) is 54.7 Å². The zero-order valence-corrected chi connectivity index (χ0v) is 16.8. The molecule has 4 aromatic rings. The summed E-state index contributed by atoms with van der Waals surface area (Å²) in [6.45, 7) is 4.62. The van der Waals surface area contributed by atoms with Gasteiger partial charge in [-0.25, -0.2) is 15.0 Å². The van der Waals surface area contributed by atoms with E-state index in [1.165, 1.54) is 4.70 Å². The maximum absolute atomic E-state index is 6.56. The molecule has 8 heteroatoms. The molecule has 3 aromatic heterocycles. The minimum atomic E-state index is 0.796.